The quantitative estimate of drug-likeness (QED) is 0.0765. The van der Waals surface area contributed by atoms with Crippen molar-refractivity contribution in [3.05, 3.63) is 112 Å². The lowest BCUT2D eigenvalue weighted by atomic mass is 9.80. The van der Waals surface area contributed by atoms with Gasteiger partial charge in [-0.2, -0.15) is 4.98 Å². The minimum absolute atomic E-state index is 0.0434. The number of methoxy groups -OCH3 is 2. The summed E-state index contributed by atoms with van der Waals surface area (Å²) in [5.41, 5.74) is 1.59. The van der Waals surface area contributed by atoms with Crippen molar-refractivity contribution in [2.45, 2.75) is 84.1 Å². The summed E-state index contributed by atoms with van der Waals surface area (Å²) in [6.07, 6.45) is 0.422. The van der Waals surface area contributed by atoms with Gasteiger partial charge in [0.15, 0.2) is 11.2 Å². The van der Waals surface area contributed by atoms with Gasteiger partial charge < -0.3 is 23.5 Å². The summed E-state index contributed by atoms with van der Waals surface area (Å²) in [6.45, 7) is 14.5. The summed E-state index contributed by atoms with van der Waals surface area (Å²) < 4.78 is 36.4. The van der Waals surface area contributed by atoms with E-state index in [9.17, 15) is 9.59 Å². The van der Waals surface area contributed by atoms with Gasteiger partial charge in [-0.15, -0.1) is 0 Å². The Bertz CT molecular complexity index is 2070. The number of carbonyl (C=O) groups excluding carboxylic acids is 1. The summed E-state index contributed by atoms with van der Waals surface area (Å²) in [4.78, 5) is 37.3. The van der Waals surface area contributed by atoms with Gasteiger partial charge >= 0.3 is 0 Å². The summed E-state index contributed by atoms with van der Waals surface area (Å²) >= 11 is 0. The second-order valence-corrected chi connectivity index (χ2v) is 16.3. The molecule has 1 aliphatic heterocycles. The molecule has 0 spiro atoms. The number of fused-ring (bicyclic) bond motifs is 1. The van der Waals surface area contributed by atoms with Gasteiger partial charge in [-0.25, -0.2) is 4.98 Å². The van der Waals surface area contributed by atoms with Crippen LogP contribution < -0.4 is 20.3 Å². The normalized spacial score (nSPS) is 18.0. The number of aromatic nitrogens is 4. The van der Waals surface area contributed by atoms with E-state index < -0.39 is 37.9 Å². The number of aromatic amines is 1. The molecule has 3 heterocycles. The Morgan fingerprint density at radius 2 is 1.50 bits per heavy atom. The van der Waals surface area contributed by atoms with Gasteiger partial charge in [0.1, 0.15) is 37.7 Å². The van der Waals surface area contributed by atoms with Crippen molar-refractivity contribution in [2.75, 3.05) is 32.8 Å². The van der Waals surface area contributed by atoms with Crippen LogP contribution in [0.1, 0.15) is 70.9 Å². The molecule has 5 aromatic rings. The second kappa shape index (κ2) is 17.7. The van der Waals surface area contributed by atoms with E-state index in [4.69, 9.17) is 23.5 Å². The first-order valence-electron chi connectivity index (χ1n) is 19.0. The van der Waals surface area contributed by atoms with E-state index in [0.717, 1.165) is 28.2 Å². The number of nitrogens with one attached hydrogen (secondary N) is 2. The Labute approximate surface area is 329 Å². The van der Waals surface area contributed by atoms with Crippen molar-refractivity contribution in [2.24, 2.45) is 5.92 Å². The highest BCUT2D eigenvalue weighted by Gasteiger charge is 2.44. The molecular formula is C42H53N6O7P. The smallest absolute Gasteiger partial charge is 0.280 e. The zero-order valence-corrected chi connectivity index (χ0v) is 34.4. The molecule has 56 heavy (non-hydrogen) atoms. The lowest BCUT2D eigenvalue weighted by molar-refractivity contribution is -0.118. The number of ether oxygens (including phenoxy) is 4. The van der Waals surface area contributed by atoms with Crippen LogP contribution in [-0.2, 0) is 24.4 Å². The molecule has 13 nitrogen and oxygen atoms in total. The largest absolute Gasteiger partial charge is 0.497 e. The molecule has 3 aromatic carbocycles. The predicted molar refractivity (Wildman–Crippen MR) is 218 cm³/mol. The van der Waals surface area contributed by atoms with E-state index in [1.807, 2.05) is 66.7 Å². The van der Waals surface area contributed by atoms with Gasteiger partial charge in [-0.1, -0.05) is 68.4 Å². The summed E-state index contributed by atoms with van der Waals surface area (Å²) in [5, 5.41) is 2.71. The third kappa shape index (κ3) is 8.52. The Hall–Kier alpha value is -4.65. The fourth-order valence-electron chi connectivity index (χ4n) is 7.37. The lowest BCUT2D eigenvalue weighted by Crippen LogP contribution is -2.39. The minimum atomic E-state index is -1.08. The molecule has 1 aliphatic rings. The molecule has 0 aliphatic carbocycles. The third-order valence-electron chi connectivity index (χ3n) is 10.00. The van der Waals surface area contributed by atoms with Crippen molar-refractivity contribution in [3.8, 4) is 11.5 Å². The fraction of sp³-hybridized carbons (Fsp3) is 0.429. The average Bonchev–Trinajstić information content (AvgIpc) is 3.79. The maximum atomic E-state index is 13.1. The van der Waals surface area contributed by atoms with Crippen molar-refractivity contribution in [1.29, 1.82) is 0 Å². The van der Waals surface area contributed by atoms with Crippen molar-refractivity contribution in [3.63, 3.8) is 0 Å². The third-order valence-corrected chi connectivity index (χ3v) is 12.1. The second-order valence-electron chi connectivity index (χ2n) is 14.7. The van der Waals surface area contributed by atoms with Crippen LogP contribution in [0.2, 0.25) is 0 Å². The van der Waals surface area contributed by atoms with E-state index in [1.54, 1.807) is 39.0 Å². The predicted octanol–water partition coefficient (Wildman–Crippen LogP) is 7.47. The first-order valence-corrected chi connectivity index (χ1v) is 20.6. The van der Waals surface area contributed by atoms with Gasteiger partial charge in [0.05, 0.1) is 33.3 Å². The first-order chi connectivity index (χ1) is 26.9. The van der Waals surface area contributed by atoms with Crippen molar-refractivity contribution in [1.82, 2.24) is 24.2 Å². The van der Waals surface area contributed by atoms with E-state index in [-0.39, 0.29) is 47.6 Å². The highest BCUT2D eigenvalue weighted by atomic mass is 31.2. The Morgan fingerprint density at radius 3 is 2.04 bits per heavy atom. The number of rotatable bonds is 16. The number of benzene rings is 3. The zero-order chi connectivity index (χ0) is 40.1. The summed E-state index contributed by atoms with van der Waals surface area (Å²) in [6, 6.07) is 26.4. The van der Waals surface area contributed by atoms with Crippen LogP contribution in [0.15, 0.2) is 90.0 Å². The number of H-pyrrole nitrogens is 1. The Kier molecular flexibility index (Phi) is 12.9. The highest BCUT2D eigenvalue weighted by molar-refractivity contribution is 7.49. The van der Waals surface area contributed by atoms with Gasteiger partial charge in [-0.05, 0) is 75.3 Å². The lowest BCUT2D eigenvalue weighted by Gasteiger charge is -2.39. The van der Waals surface area contributed by atoms with Crippen LogP contribution in [0.3, 0.4) is 0 Å². The van der Waals surface area contributed by atoms with Crippen molar-refractivity contribution < 1.29 is 28.3 Å². The maximum Gasteiger partial charge on any atom is 0.280 e. The topological polar surface area (TPSA) is 142 Å². The molecule has 1 saturated heterocycles. The van der Waals surface area contributed by atoms with Crippen LogP contribution in [0.25, 0.3) is 11.2 Å². The number of carbonyl (C=O) groups is 1. The molecule has 2 aromatic heterocycles. The molecule has 2 unspecified atom stereocenters. The Morgan fingerprint density at radius 1 is 0.929 bits per heavy atom. The van der Waals surface area contributed by atoms with Gasteiger partial charge in [0.2, 0.25) is 11.9 Å². The summed E-state index contributed by atoms with van der Waals surface area (Å²) in [7, 11) is 2.24. The number of imidazole rings is 1. The molecule has 298 valence electrons. The zero-order valence-electron chi connectivity index (χ0n) is 33.6. The maximum absolute atomic E-state index is 13.1. The van der Waals surface area contributed by atoms with E-state index >= 15 is 0 Å². The van der Waals surface area contributed by atoms with Crippen LogP contribution >= 0.6 is 8.30 Å². The molecule has 2 N–H and O–H groups in total. The number of nitrogens with zero attached hydrogens (tertiary/aromatic N) is 4. The summed E-state index contributed by atoms with van der Waals surface area (Å²) in [5.74, 6) is 0.916. The van der Waals surface area contributed by atoms with Crippen LogP contribution in [0, 0.1) is 5.92 Å². The Balaban J connectivity index is 1.42. The molecule has 0 radical (unpaired) electrons. The van der Waals surface area contributed by atoms with Gasteiger partial charge in [0.25, 0.3) is 5.56 Å². The van der Waals surface area contributed by atoms with E-state index in [0.29, 0.717) is 6.42 Å². The molecule has 0 bridgehead atoms. The average molecular weight is 785 g/mol. The highest BCUT2D eigenvalue weighted by Crippen LogP contribution is 2.48. The molecule has 6 rings (SSSR count). The molecule has 4 atom stereocenters. The molecule has 1 fully saturated rings. The number of anilines is 1. The van der Waals surface area contributed by atoms with Crippen LogP contribution in [-0.4, -0.2) is 81.9 Å². The van der Waals surface area contributed by atoms with Crippen molar-refractivity contribution >= 4 is 31.3 Å². The monoisotopic (exact) mass is 784 g/mol. The number of amides is 1. The van der Waals surface area contributed by atoms with Crippen LogP contribution in [0.5, 0.6) is 11.5 Å². The molecular weight excluding hydrogens is 731 g/mol. The van der Waals surface area contributed by atoms with Crippen LogP contribution in [0.4, 0.5) is 5.95 Å². The number of hydrogen-bond donors (Lipinski definition) is 2. The van der Waals surface area contributed by atoms with Gasteiger partial charge in [0, 0.05) is 24.4 Å². The molecule has 1 amide bonds. The molecule has 0 saturated carbocycles. The van der Waals surface area contributed by atoms with E-state index in [1.165, 1.54) is 0 Å². The number of hydrogen-bond acceptors (Lipinski definition) is 10. The minimum Gasteiger partial charge on any atom is -0.497 e. The van der Waals surface area contributed by atoms with E-state index in [2.05, 4.69) is 71.4 Å². The fourth-order valence-corrected chi connectivity index (χ4v) is 9.39. The molecule has 14 heteroatoms. The standard InChI is InChI=1S/C42H53N6O7P/c1-26(2)39(49)45-41-44-38-37(40(50)46-41)43-25-47(38)36-23-34(55-56(9)48(27(3)4)28(5)6)35(54-36)24-53-42(29-13-11-10-12-14-29,30-15-19-32(51-7)20-16-30)31-17-21-33(52-8)22-18-31/h10-22,25-28,34-36H,23-24H2,1-9H3,(H2,44,45,46,49,50)/t34?,35-,36-,56?/m1/s1. The SMILES string of the molecule is COc1ccc(C(OC[C@H]2O[C@@H](n3cnc4c(=O)[nH]c(NC(=O)C(C)C)nc43)CC2OP(C)N(C(C)C)C(C)C)(c2ccccc2)c2ccc(OC)cc2)cc1. The first kappa shape index (κ1) is 41.0. The van der Waals surface area contributed by atoms with Gasteiger partial charge in [-0.3, -0.25) is 29.1 Å².